The lowest BCUT2D eigenvalue weighted by Crippen LogP contribution is -2.13. The van der Waals surface area contributed by atoms with E-state index < -0.39 is 5.97 Å². The monoisotopic (exact) mass is 394 g/mol. The van der Waals surface area contributed by atoms with Crippen molar-refractivity contribution in [1.29, 1.82) is 0 Å². The number of aromatic carboxylic acids is 1. The fourth-order valence-electron chi connectivity index (χ4n) is 3.38. The van der Waals surface area contributed by atoms with Crippen molar-refractivity contribution in [1.82, 2.24) is 14.5 Å². The molecule has 3 aromatic heterocycles. The molecule has 4 N–H and O–H groups in total. The Kier molecular flexibility index (Phi) is 4.37. The number of hydrogen-bond acceptors (Lipinski definition) is 4. The maximum atomic E-state index is 12.4. The van der Waals surface area contributed by atoms with E-state index in [4.69, 9.17) is 17.3 Å². The number of benzene rings is 1. The van der Waals surface area contributed by atoms with Gasteiger partial charge in [0.15, 0.2) is 0 Å². The van der Waals surface area contributed by atoms with E-state index in [1.54, 1.807) is 53.2 Å². The number of halogens is 1. The van der Waals surface area contributed by atoms with Crippen LogP contribution in [-0.4, -0.2) is 25.6 Å². The Morgan fingerprint density at radius 1 is 1.25 bits per heavy atom. The molecule has 0 saturated carbocycles. The van der Waals surface area contributed by atoms with E-state index in [2.05, 4.69) is 9.97 Å². The highest BCUT2D eigenvalue weighted by atomic mass is 35.5. The van der Waals surface area contributed by atoms with E-state index in [1.807, 2.05) is 0 Å². The van der Waals surface area contributed by atoms with Crippen LogP contribution in [0.1, 0.15) is 16.1 Å². The largest absolute Gasteiger partial charge is 0.477 e. The van der Waals surface area contributed by atoms with E-state index >= 15 is 0 Å². The van der Waals surface area contributed by atoms with Crippen molar-refractivity contribution >= 4 is 34.3 Å². The van der Waals surface area contributed by atoms with Gasteiger partial charge in [-0.1, -0.05) is 17.7 Å². The second-order valence-corrected chi connectivity index (χ2v) is 6.71. The van der Waals surface area contributed by atoms with Crippen molar-refractivity contribution in [2.45, 2.75) is 6.54 Å². The topological polar surface area (TPSA) is 114 Å². The molecule has 3 heterocycles. The molecule has 4 rings (SSSR count). The summed E-state index contributed by atoms with van der Waals surface area (Å²) in [5.41, 5.74) is 7.41. The Labute approximate surface area is 164 Å². The summed E-state index contributed by atoms with van der Waals surface area (Å²) in [6, 6.07) is 11.8. The van der Waals surface area contributed by atoms with Crippen molar-refractivity contribution in [3.63, 3.8) is 0 Å². The summed E-state index contributed by atoms with van der Waals surface area (Å²) in [7, 11) is 0. The number of hydrogen-bond donors (Lipinski definition) is 3. The summed E-state index contributed by atoms with van der Waals surface area (Å²) in [5, 5.41) is 11.1. The Hall–Kier alpha value is -3.58. The molecule has 0 aliphatic carbocycles. The van der Waals surface area contributed by atoms with E-state index in [1.165, 1.54) is 6.20 Å². The summed E-state index contributed by atoms with van der Waals surface area (Å²) in [6.07, 6.45) is 3.06. The van der Waals surface area contributed by atoms with Crippen LogP contribution in [-0.2, 0) is 6.54 Å². The molecule has 0 bridgehead atoms. The number of carbonyl (C=O) groups is 1. The minimum atomic E-state index is -1.15. The van der Waals surface area contributed by atoms with Gasteiger partial charge in [-0.2, -0.15) is 0 Å². The lowest BCUT2D eigenvalue weighted by molar-refractivity contribution is 0.0687. The van der Waals surface area contributed by atoms with Crippen molar-refractivity contribution in [2.24, 2.45) is 0 Å². The zero-order valence-electron chi connectivity index (χ0n) is 14.5. The lowest BCUT2D eigenvalue weighted by Gasteiger charge is -2.10. The quantitative estimate of drug-likeness (QED) is 0.491. The zero-order valence-corrected chi connectivity index (χ0v) is 15.3. The van der Waals surface area contributed by atoms with Gasteiger partial charge in [0.05, 0.1) is 5.52 Å². The molecule has 140 valence electrons. The molecule has 0 fully saturated rings. The van der Waals surface area contributed by atoms with Gasteiger partial charge in [0.2, 0.25) is 0 Å². The number of anilines is 1. The second-order valence-electron chi connectivity index (χ2n) is 6.28. The maximum absolute atomic E-state index is 12.4. The molecule has 0 radical (unpaired) electrons. The Morgan fingerprint density at radius 3 is 2.79 bits per heavy atom. The average molecular weight is 395 g/mol. The number of rotatable bonds is 4. The van der Waals surface area contributed by atoms with Crippen molar-refractivity contribution in [2.75, 3.05) is 5.73 Å². The van der Waals surface area contributed by atoms with Gasteiger partial charge in [0, 0.05) is 40.5 Å². The van der Waals surface area contributed by atoms with Crippen molar-refractivity contribution in [3.05, 3.63) is 81.5 Å². The van der Waals surface area contributed by atoms with Gasteiger partial charge in [0.1, 0.15) is 11.5 Å². The first-order valence-electron chi connectivity index (χ1n) is 8.39. The van der Waals surface area contributed by atoms with Gasteiger partial charge < -0.3 is 20.4 Å². The number of nitrogen functional groups attached to an aromatic ring is 1. The Balaban J connectivity index is 2.07. The summed E-state index contributed by atoms with van der Waals surface area (Å²) in [6.45, 7) is 0.232. The molecule has 0 atom stereocenters. The third kappa shape index (κ3) is 3.01. The molecular formula is C20H15ClN4O3. The number of carboxylic acids is 1. The molecule has 4 aromatic rings. The van der Waals surface area contributed by atoms with Crippen molar-refractivity contribution in [3.8, 4) is 11.1 Å². The molecule has 0 aliphatic heterocycles. The van der Waals surface area contributed by atoms with E-state index in [0.29, 0.717) is 27.3 Å². The van der Waals surface area contributed by atoms with Gasteiger partial charge in [-0.05, 0) is 42.0 Å². The number of nitrogens with zero attached hydrogens (tertiary/aromatic N) is 2. The van der Waals surface area contributed by atoms with E-state index in [9.17, 15) is 14.7 Å². The number of H-pyrrole nitrogens is 1. The summed E-state index contributed by atoms with van der Waals surface area (Å²) in [5.74, 6) is -0.809. The molecule has 0 spiro atoms. The molecule has 0 saturated heterocycles. The van der Waals surface area contributed by atoms with E-state index in [0.717, 1.165) is 5.56 Å². The minimum absolute atomic E-state index is 0.00403. The SMILES string of the molecule is Nc1cc(Cn2c(C(=O)O)c(-c3ccc[nH]c3=O)c3ccc(Cl)cc32)ccn1. The van der Waals surface area contributed by atoms with Gasteiger partial charge in [-0.25, -0.2) is 9.78 Å². The van der Waals surface area contributed by atoms with Crippen LogP contribution in [0.4, 0.5) is 5.82 Å². The maximum Gasteiger partial charge on any atom is 0.353 e. The number of pyridine rings is 2. The van der Waals surface area contributed by atoms with Crippen LogP contribution < -0.4 is 11.3 Å². The van der Waals surface area contributed by atoms with Gasteiger partial charge in [0.25, 0.3) is 5.56 Å². The van der Waals surface area contributed by atoms with Gasteiger partial charge in [-0.15, -0.1) is 0 Å². The van der Waals surface area contributed by atoms with Crippen molar-refractivity contribution < 1.29 is 9.90 Å². The number of carboxylic acid groups (broad SMARTS) is 1. The fraction of sp³-hybridized carbons (Fsp3) is 0.0500. The number of nitrogens with two attached hydrogens (primary N) is 1. The van der Waals surface area contributed by atoms with Gasteiger partial charge in [-0.3, -0.25) is 4.79 Å². The highest BCUT2D eigenvalue weighted by molar-refractivity contribution is 6.31. The number of nitrogens with one attached hydrogen (secondary N) is 1. The molecule has 8 heteroatoms. The Bertz CT molecular complexity index is 1280. The van der Waals surface area contributed by atoms with Crippen LogP contribution in [0, 0.1) is 0 Å². The van der Waals surface area contributed by atoms with Crippen LogP contribution in [0.3, 0.4) is 0 Å². The summed E-state index contributed by atoms with van der Waals surface area (Å²) >= 11 is 6.18. The zero-order chi connectivity index (χ0) is 19.8. The molecule has 28 heavy (non-hydrogen) atoms. The second kappa shape index (κ2) is 6.86. The summed E-state index contributed by atoms with van der Waals surface area (Å²) in [4.78, 5) is 31.2. The lowest BCUT2D eigenvalue weighted by atomic mass is 10.0. The first-order valence-corrected chi connectivity index (χ1v) is 8.77. The average Bonchev–Trinajstić information content (AvgIpc) is 2.96. The van der Waals surface area contributed by atoms with Crippen LogP contribution in [0.25, 0.3) is 22.0 Å². The normalized spacial score (nSPS) is 11.0. The molecular weight excluding hydrogens is 380 g/mol. The smallest absolute Gasteiger partial charge is 0.353 e. The van der Waals surface area contributed by atoms with Crippen LogP contribution in [0.5, 0.6) is 0 Å². The molecule has 7 nitrogen and oxygen atoms in total. The molecule has 0 unspecified atom stereocenters. The highest BCUT2D eigenvalue weighted by Crippen LogP contribution is 2.35. The minimum Gasteiger partial charge on any atom is -0.477 e. The predicted molar refractivity (Wildman–Crippen MR) is 108 cm³/mol. The number of aromatic nitrogens is 3. The van der Waals surface area contributed by atoms with Crippen LogP contribution >= 0.6 is 11.6 Å². The number of aromatic amines is 1. The fourth-order valence-corrected chi connectivity index (χ4v) is 3.54. The third-order valence-electron chi connectivity index (χ3n) is 4.50. The molecule has 1 aromatic carbocycles. The predicted octanol–water partition coefficient (Wildman–Crippen LogP) is 3.37. The third-order valence-corrected chi connectivity index (χ3v) is 4.74. The van der Waals surface area contributed by atoms with Gasteiger partial charge >= 0.3 is 5.97 Å². The molecule has 0 amide bonds. The number of fused-ring (bicyclic) bond motifs is 1. The van der Waals surface area contributed by atoms with Crippen LogP contribution in [0.15, 0.2) is 59.7 Å². The summed E-state index contributed by atoms with van der Waals surface area (Å²) < 4.78 is 1.63. The van der Waals surface area contributed by atoms with Crippen LogP contribution in [0.2, 0.25) is 5.02 Å². The van der Waals surface area contributed by atoms with E-state index in [-0.39, 0.29) is 23.4 Å². The standard InChI is InChI=1S/C20H15ClN4O3/c21-12-3-4-13-15(9-12)25(10-11-5-7-23-16(22)8-11)18(20(27)28)17(13)14-2-1-6-24-19(14)26/h1-9H,10H2,(H2,22,23)(H,24,26)(H,27,28). The highest BCUT2D eigenvalue weighted by Gasteiger charge is 2.25. The first-order chi connectivity index (χ1) is 13.5. The first kappa shape index (κ1) is 17.8. The Morgan fingerprint density at radius 2 is 2.07 bits per heavy atom. The molecule has 0 aliphatic rings.